The van der Waals surface area contributed by atoms with Crippen LogP contribution in [-0.2, 0) is 9.53 Å². The van der Waals surface area contributed by atoms with Crippen LogP contribution in [0.25, 0.3) is 0 Å². The van der Waals surface area contributed by atoms with Crippen molar-refractivity contribution in [3.05, 3.63) is 0 Å². The minimum atomic E-state index is -0.258. The summed E-state index contributed by atoms with van der Waals surface area (Å²) in [6, 6.07) is 0. The van der Waals surface area contributed by atoms with E-state index in [4.69, 9.17) is 4.74 Å². The molecule has 2 nitrogen and oxygen atoms in total. The second-order valence-electron chi connectivity index (χ2n) is 2.28. The molecule has 0 radical (unpaired) electrons. The summed E-state index contributed by atoms with van der Waals surface area (Å²) < 4.78 is 4.92. The van der Waals surface area contributed by atoms with E-state index in [1.165, 1.54) is 6.92 Å². The smallest absolute Gasteiger partial charge is 0.303 e. The first-order valence-corrected chi connectivity index (χ1v) is 3.80. The third kappa shape index (κ3) is 5.47. The predicted octanol–water partition coefficient (Wildman–Crippen LogP) is 1.74. The zero-order valence-corrected chi connectivity index (χ0v) is 7.31. The number of hydrogen-bond donors (Lipinski definition) is 0. The van der Waals surface area contributed by atoms with E-state index >= 15 is 0 Å². The standard InChI is InChI=1S/C9H14O2/c1-4-6-9(7-5-2)11-8(3)10/h9H,4,6H2,1-3H3/t9-/m0/s1. The Morgan fingerprint density at radius 3 is 2.64 bits per heavy atom. The SMILES string of the molecule is CC#C[C@H](CCC)OC(C)=O. The monoisotopic (exact) mass is 154 g/mol. The van der Waals surface area contributed by atoms with Gasteiger partial charge >= 0.3 is 5.97 Å². The Kier molecular flexibility index (Phi) is 5.28. The molecule has 0 aromatic rings. The molecule has 0 amide bonds. The lowest BCUT2D eigenvalue weighted by atomic mass is 10.2. The number of hydrogen-bond acceptors (Lipinski definition) is 2. The van der Waals surface area contributed by atoms with Crippen LogP contribution in [0.1, 0.15) is 33.6 Å². The van der Waals surface area contributed by atoms with Crippen LogP contribution < -0.4 is 0 Å². The zero-order valence-electron chi connectivity index (χ0n) is 7.31. The Morgan fingerprint density at radius 1 is 1.64 bits per heavy atom. The van der Waals surface area contributed by atoms with E-state index < -0.39 is 0 Å². The fraction of sp³-hybridized carbons (Fsp3) is 0.667. The van der Waals surface area contributed by atoms with Crippen molar-refractivity contribution >= 4 is 5.97 Å². The molecule has 11 heavy (non-hydrogen) atoms. The average Bonchev–Trinajstić information content (AvgIpc) is 1.87. The maximum atomic E-state index is 10.5. The lowest BCUT2D eigenvalue weighted by Gasteiger charge is -2.08. The Bertz CT molecular complexity index is 174. The van der Waals surface area contributed by atoms with Crippen molar-refractivity contribution in [2.75, 3.05) is 0 Å². The van der Waals surface area contributed by atoms with Crippen molar-refractivity contribution in [2.45, 2.75) is 39.7 Å². The van der Waals surface area contributed by atoms with Crippen LogP contribution in [0.2, 0.25) is 0 Å². The molecule has 0 saturated heterocycles. The van der Waals surface area contributed by atoms with Crippen molar-refractivity contribution in [3.8, 4) is 11.8 Å². The Balaban J connectivity index is 3.85. The number of carbonyl (C=O) groups excluding carboxylic acids is 1. The van der Waals surface area contributed by atoms with Gasteiger partial charge in [0.1, 0.15) is 0 Å². The van der Waals surface area contributed by atoms with Crippen LogP contribution in [-0.4, -0.2) is 12.1 Å². The van der Waals surface area contributed by atoms with Gasteiger partial charge in [0.2, 0.25) is 0 Å². The molecule has 0 aliphatic rings. The summed E-state index contributed by atoms with van der Waals surface area (Å²) in [5.41, 5.74) is 0. The van der Waals surface area contributed by atoms with Gasteiger partial charge in [0.05, 0.1) is 0 Å². The van der Waals surface area contributed by atoms with Gasteiger partial charge in [0.25, 0.3) is 0 Å². The van der Waals surface area contributed by atoms with Crippen LogP contribution in [0.3, 0.4) is 0 Å². The average molecular weight is 154 g/mol. The van der Waals surface area contributed by atoms with E-state index in [9.17, 15) is 4.79 Å². The topological polar surface area (TPSA) is 26.3 Å². The van der Waals surface area contributed by atoms with Gasteiger partial charge in [-0.05, 0) is 13.3 Å². The second-order valence-corrected chi connectivity index (χ2v) is 2.28. The lowest BCUT2D eigenvalue weighted by Crippen LogP contribution is -2.13. The third-order valence-corrected chi connectivity index (χ3v) is 1.16. The van der Waals surface area contributed by atoms with Crippen LogP contribution in [0.15, 0.2) is 0 Å². The normalized spacial score (nSPS) is 11.2. The molecule has 0 aliphatic heterocycles. The molecule has 0 aromatic carbocycles. The largest absolute Gasteiger partial charge is 0.449 e. The summed E-state index contributed by atoms with van der Waals surface area (Å²) in [4.78, 5) is 10.5. The molecular weight excluding hydrogens is 140 g/mol. The summed E-state index contributed by atoms with van der Waals surface area (Å²) in [5.74, 6) is 5.29. The Labute approximate surface area is 67.9 Å². The van der Waals surface area contributed by atoms with Gasteiger partial charge in [-0.15, -0.1) is 5.92 Å². The van der Waals surface area contributed by atoms with Crippen LogP contribution in [0.4, 0.5) is 0 Å². The molecule has 0 saturated carbocycles. The number of rotatable bonds is 3. The fourth-order valence-corrected chi connectivity index (χ4v) is 0.784. The minimum Gasteiger partial charge on any atom is -0.449 e. The molecular formula is C9H14O2. The molecule has 0 aromatic heterocycles. The zero-order chi connectivity index (χ0) is 8.69. The van der Waals surface area contributed by atoms with E-state index in [1.54, 1.807) is 6.92 Å². The minimum absolute atomic E-state index is 0.206. The summed E-state index contributed by atoms with van der Waals surface area (Å²) in [7, 11) is 0. The van der Waals surface area contributed by atoms with Crippen molar-refractivity contribution in [3.63, 3.8) is 0 Å². The van der Waals surface area contributed by atoms with E-state index in [0.29, 0.717) is 0 Å². The summed E-state index contributed by atoms with van der Waals surface area (Å²) in [5, 5.41) is 0. The van der Waals surface area contributed by atoms with E-state index in [1.807, 2.05) is 6.92 Å². The van der Waals surface area contributed by atoms with E-state index in [-0.39, 0.29) is 12.1 Å². The summed E-state index contributed by atoms with van der Waals surface area (Å²) in [6.45, 7) is 5.18. The number of carbonyl (C=O) groups is 1. The highest BCUT2D eigenvalue weighted by Gasteiger charge is 2.05. The number of ether oxygens (including phenoxy) is 1. The molecule has 0 spiro atoms. The highest BCUT2D eigenvalue weighted by Crippen LogP contribution is 2.00. The van der Waals surface area contributed by atoms with Gasteiger partial charge in [-0.25, -0.2) is 0 Å². The summed E-state index contributed by atoms with van der Waals surface area (Å²) in [6.07, 6.45) is 1.59. The van der Waals surface area contributed by atoms with Crippen molar-refractivity contribution in [1.29, 1.82) is 0 Å². The third-order valence-electron chi connectivity index (χ3n) is 1.16. The van der Waals surface area contributed by atoms with Gasteiger partial charge in [-0.2, -0.15) is 0 Å². The van der Waals surface area contributed by atoms with Crippen molar-refractivity contribution in [1.82, 2.24) is 0 Å². The molecule has 0 fully saturated rings. The molecule has 1 atom stereocenters. The van der Waals surface area contributed by atoms with Gasteiger partial charge in [0, 0.05) is 6.92 Å². The lowest BCUT2D eigenvalue weighted by molar-refractivity contribution is -0.143. The molecule has 0 aliphatic carbocycles. The van der Waals surface area contributed by atoms with Gasteiger partial charge in [0.15, 0.2) is 6.10 Å². The highest BCUT2D eigenvalue weighted by atomic mass is 16.5. The molecule has 2 heteroatoms. The van der Waals surface area contributed by atoms with Crippen LogP contribution >= 0.6 is 0 Å². The highest BCUT2D eigenvalue weighted by molar-refractivity contribution is 5.66. The molecule has 0 bridgehead atoms. The molecule has 0 rings (SSSR count). The number of esters is 1. The molecule has 0 unspecified atom stereocenters. The Hall–Kier alpha value is -0.970. The van der Waals surface area contributed by atoms with E-state index in [2.05, 4.69) is 11.8 Å². The fourth-order valence-electron chi connectivity index (χ4n) is 0.784. The maximum Gasteiger partial charge on any atom is 0.303 e. The molecule has 62 valence electrons. The van der Waals surface area contributed by atoms with Crippen molar-refractivity contribution < 1.29 is 9.53 Å². The van der Waals surface area contributed by atoms with Crippen LogP contribution in [0, 0.1) is 11.8 Å². The quantitative estimate of drug-likeness (QED) is 0.457. The molecule has 0 heterocycles. The van der Waals surface area contributed by atoms with E-state index in [0.717, 1.165) is 12.8 Å². The van der Waals surface area contributed by atoms with Crippen LogP contribution in [0.5, 0.6) is 0 Å². The second kappa shape index (κ2) is 5.79. The van der Waals surface area contributed by atoms with Gasteiger partial charge < -0.3 is 4.74 Å². The molecule has 0 N–H and O–H groups in total. The first-order chi connectivity index (χ1) is 5.20. The van der Waals surface area contributed by atoms with Gasteiger partial charge in [-0.3, -0.25) is 4.79 Å². The summed E-state index contributed by atoms with van der Waals surface area (Å²) >= 11 is 0. The first-order valence-electron chi connectivity index (χ1n) is 3.80. The first kappa shape index (κ1) is 10.0. The maximum absolute atomic E-state index is 10.5. The Morgan fingerprint density at radius 2 is 2.27 bits per heavy atom. The van der Waals surface area contributed by atoms with Gasteiger partial charge in [-0.1, -0.05) is 19.3 Å². The predicted molar refractivity (Wildman–Crippen MR) is 43.9 cm³/mol. The van der Waals surface area contributed by atoms with Crippen molar-refractivity contribution in [2.24, 2.45) is 0 Å².